The topological polar surface area (TPSA) is 94.2 Å². The Labute approximate surface area is 145 Å². The van der Waals surface area contributed by atoms with Gasteiger partial charge in [-0.05, 0) is 18.6 Å². The monoisotopic (exact) mass is 342 g/mol. The van der Waals surface area contributed by atoms with Crippen LogP contribution < -0.4 is 20.7 Å². The van der Waals surface area contributed by atoms with Crippen molar-refractivity contribution in [3.05, 3.63) is 45.5 Å². The minimum atomic E-state index is -0.171. The number of carbonyl (C=O) groups excluding carboxylic acids is 1. The molecule has 132 valence electrons. The summed E-state index contributed by atoms with van der Waals surface area (Å²) < 4.78 is 0. The van der Waals surface area contributed by atoms with Gasteiger partial charge in [-0.1, -0.05) is 0 Å². The van der Waals surface area contributed by atoms with Gasteiger partial charge in [0.15, 0.2) is 0 Å². The van der Waals surface area contributed by atoms with E-state index in [1.54, 1.807) is 30.3 Å². The van der Waals surface area contributed by atoms with Crippen LogP contribution >= 0.6 is 0 Å². The number of aromatic nitrogens is 3. The summed E-state index contributed by atoms with van der Waals surface area (Å²) in [4.78, 5) is 40.1. The Hall–Kier alpha value is -2.90. The van der Waals surface area contributed by atoms with Gasteiger partial charge in [-0.15, -0.1) is 0 Å². The molecule has 0 radical (unpaired) electrons. The number of aromatic amines is 1. The van der Waals surface area contributed by atoms with Crippen molar-refractivity contribution >= 4 is 17.7 Å². The summed E-state index contributed by atoms with van der Waals surface area (Å²) >= 11 is 0. The number of amides is 1. The van der Waals surface area contributed by atoms with Crippen molar-refractivity contribution in [1.82, 2.24) is 20.3 Å². The molecule has 1 aliphatic rings. The summed E-state index contributed by atoms with van der Waals surface area (Å²) in [5.41, 5.74) is 1.97. The van der Waals surface area contributed by atoms with Crippen LogP contribution in [0.5, 0.6) is 0 Å². The van der Waals surface area contributed by atoms with Gasteiger partial charge in [0.25, 0.3) is 11.5 Å². The molecule has 3 rings (SSSR count). The molecule has 2 N–H and O–H groups in total. The van der Waals surface area contributed by atoms with Gasteiger partial charge in [0, 0.05) is 52.4 Å². The molecule has 0 saturated heterocycles. The number of fused-ring (bicyclic) bond motifs is 1. The largest absolute Gasteiger partial charge is 0.355 e. The second-order valence-electron chi connectivity index (χ2n) is 6.15. The highest BCUT2D eigenvalue weighted by molar-refractivity contribution is 5.98. The maximum atomic E-state index is 12.4. The van der Waals surface area contributed by atoms with Gasteiger partial charge in [-0.2, -0.15) is 0 Å². The molecule has 0 atom stereocenters. The smallest absolute Gasteiger partial charge is 0.255 e. The number of anilines is 2. The van der Waals surface area contributed by atoms with E-state index in [-0.39, 0.29) is 11.5 Å². The van der Waals surface area contributed by atoms with Crippen molar-refractivity contribution in [1.29, 1.82) is 0 Å². The first-order chi connectivity index (χ1) is 12.0. The second kappa shape index (κ2) is 6.92. The molecule has 0 bridgehead atoms. The molecule has 2 aromatic heterocycles. The molecule has 0 spiro atoms. The molecule has 0 fully saturated rings. The summed E-state index contributed by atoms with van der Waals surface area (Å²) in [6, 6.07) is 3.50. The number of rotatable bonds is 3. The third-order valence-corrected chi connectivity index (χ3v) is 4.32. The standard InChI is InChI=1S/C17H22N6O2/c1-18-15(24)12-5-4-8-19-14(12)23-9-6-11-13(7-10-23)20-17(22(2)3)21-16(11)25/h4-5,8H,6-7,9-10H2,1-3H3,(H,18,24)(H,20,21,25). The lowest BCUT2D eigenvalue weighted by molar-refractivity contribution is 0.0963. The number of hydrogen-bond donors (Lipinski definition) is 2. The lowest BCUT2D eigenvalue weighted by Gasteiger charge is -2.23. The number of hydrogen-bond acceptors (Lipinski definition) is 6. The number of nitrogens with one attached hydrogen (secondary N) is 2. The highest BCUT2D eigenvalue weighted by Gasteiger charge is 2.23. The molecule has 8 heteroatoms. The van der Waals surface area contributed by atoms with Crippen LogP contribution in [0.25, 0.3) is 0 Å². The zero-order valence-electron chi connectivity index (χ0n) is 14.7. The highest BCUT2D eigenvalue weighted by atomic mass is 16.1. The van der Waals surface area contributed by atoms with Crippen molar-refractivity contribution in [2.75, 3.05) is 44.0 Å². The highest BCUT2D eigenvalue weighted by Crippen LogP contribution is 2.21. The van der Waals surface area contributed by atoms with E-state index in [2.05, 4.69) is 20.3 Å². The zero-order valence-corrected chi connectivity index (χ0v) is 14.7. The number of carbonyl (C=O) groups is 1. The number of nitrogens with zero attached hydrogens (tertiary/aromatic N) is 4. The van der Waals surface area contributed by atoms with E-state index in [0.29, 0.717) is 48.8 Å². The summed E-state index contributed by atoms with van der Waals surface area (Å²) in [5.74, 6) is 1.02. The van der Waals surface area contributed by atoms with Crippen LogP contribution in [0.1, 0.15) is 21.6 Å². The van der Waals surface area contributed by atoms with Crippen LogP contribution in [-0.2, 0) is 12.8 Å². The first kappa shape index (κ1) is 16.9. The molecule has 1 aliphatic heterocycles. The van der Waals surface area contributed by atoms with Crippen LogP contribution in [0, 0.1) is 0 Å². The predicted octanol–water partition coefficient (Wildman–Crippen LogP) is 0.196. The molecule has 3 heterocycles. The van der Waals surface area contributed by atoms with Gasteiger partial charge in [-0.25, -0.2) is 9.97 Å². The molecule has 0 aliphatic carbocycles. The molecule has 8 nitrogen and oxygen atoms in total. The van der Waals surface area contributed by atoms with E-state index < -0.39 is 0 Å². The normalized spacial score (nSPS) is 13.8. The van der Waals surface area contributed by atoms with Crippen LogP contribution in [0.2, 0.25) is 0 Å². The Morgan fingerprint density at radius 3 is 2.80 bits per heavy atom. The maximum Gasteiger partial charge on any atom is 0.255 e. The van der Waals surface area contributed by atoms with Crippen molar-refractivity contribution in [3.8, 4) is 0 Å². The molecule has 25 heavy (non-hydrogen) atoms. The number of pyridine rings is 1. The third kappa shape index (κ3) is 3.33. The summed E-state index contributed by atoms with van der Waals surface area (Å²) in [6.45, 7) is 1.26. The van der Waals surface area contributed by atoms with Crippen molar-refractivity contribution < 1.29 is 4.79 Å². The Bertz CT molecular complexity index is 845. The van der Waals surface area contributed by atoms with Crippen molar-refractivity contribution in [2.24, 2.45) is 0 Å². The van der Waals surface area contributed by atoms with E-state index in [9.17, 15) is 9.59 Å². The Balaban J connectivity index is 1.92. The molecule has 1 amide bonds. The average Bonchev–Trinajstić information content (AvgIpc) is 2.84. The molecule has 2 aromatic rings. The molecule has 0 unspecified atom stereocenters. The first-order valence-electron chi connectivity index (χ1n) is 8.22. The fourth-order valence-electron chi connectivity index (χ4n) is 2.98. The SMILES string of the molecule is CNC(=O)c1cccnc1N1CCc2nc(N(C)C)[nH]c(=O)c2CC1. The summed E-state index contributed by atoms with van der Waals surface area (Å²) in [6.07, 6.45) is 2.87. The average molecular weight is 342 g/mol. The van der Waals surface area contributed by atoms with E-state index in [1.165, 1.54) is 0 Å². The summed E-state index contributed by atoms with van der Waals surface area (Å²) in [5, 5.41) is 2.64. The fourth-order valence-corrected chi connectivity index (χ4v) is 2.98. The molecular weight excluding hydrogens is 320 g/mol. The van der Waals surface area contributed by atoms with Gasteiger partial charge in [0.05, 0.1) is 11.3 Å². The molecule has 0 aromatic carbocycles. The van der Waals surface area contributed by atoms with Gasteiger partial charge in [-0.3, -0.25) is 14.6 Å². The van der Waals surface area contributed by atoms with E-state index in [1.807, 2.05) is 19.0 Å². The molecular formula is C17H22N6O2. The van der Waals surface area contributed by atoms with E-state index >= 15 is 0 Å². The van der Waals surface area contributed by atoms with Crippen LogP contribution in [0.15, 0.2) is 23.1 Å². The first-order valence-corrected chi connectivity index (χ1v) is 8.22. The lowest BCUT2D eigenvalue weighted by atomic mass is 10.1. The number of H-pyrrole nitrogens is 1. The van der Waals surface area contributed by atoms with Gasteiger partial charge >= 0.3 is 0 Å². The van der Waals surface area contributed by atoms with E-state index in [4.69, 9.17) is 0 Å². The Morgan fingerprint density at radius 1 is 1.32 bits per heavy atom. The zero-order chi connectivity index (χ0) is 18.0. The second-order valence-corrected chi connectivity index (χ2v) is 6.15. The van der Waals surface area contributed by atoms with Crippen molar-refractivity contribution in [3.63, 3.8) is 0 Å². The van der Waals surface area contributed by atoms with Gasteiger partial charge < -0.3 is 15.1 Å². The maximum absolute atomic E-state index is 12.4. The summed E-state index contributed by atoms with van der Waals surface area (Å²) in [7, 11) is 5.29. The van der Waals surface area contributed by atoms with Gasteiger partial charge in [0.1, 0.15) is 5.82 Å². The fraction of sp³-hybridized carbons (Fsp3) is 0.412. The van der Waals surface area contributed by atoms with Crippen LogP contribution in [0.4, 0.5) is 11.8 Å². The van der Waals surface area contributed by atoms with Crippen LogP contribution in [0.3, 0.4) is 0 Å². The van der Waals surface area contributed by atoms with Gasteiger partial charge in [0.2, 0.25) is 5.95 Å². The van der Waals surface area contributed by atoms with E-state index in [0.717, 1.165) is 5.69 Å². The predicted molar refractivity (Wildman–Crippen MR) is 96.4 cm³/mol. The van der Waals surface area contributed by atoms with Crippen LogP contribution in [-0.4, -0.2) is 55.1 Å². The quantitative estimate of drug-likeness (QED) is 0.827. The lowest BCUT2D eigenvalue weighted by Crippen LogP contribution is -2.30. The third-order valence-electron chi connectivity index (χ3n) is 4.32. The minimum absolute atomic E-state index is 0.0944. The van der Waals surface area contributed by atoms with Crippen molar-refractivity contribution in [2.45, 2.75) is 12.8 Å². The Morgan fingerprint density at radius 2 is 2.08 bits per heavy atom. The Kier molecular flexibility index (Phi) is 4.69. The minimum Gasteiger partial charge on any atom is -0.355 e. The molecule has 0 saturated carbocycles.